The Morgan fingerprint density at radius 2 is 2.06 bits per heavy atom. The standard InChI is InChI=1S/C13H17N3O/c1-14-7-12-8-15-13(16-12)10-17-9-11-5-3-2-4-6-11/h2-6,8,14H,7,9-10H2,1H3,(H,15,16). The number of ether oxygens (including phenoxy) is 1. The first kappa shape index (κ1) is 11.8. The molecule has 90 valence electrons. The number of nitrogens with zero attached hydrogens (tertiary/aromatic N) is 1. The Balaban J connectivity index is 1.78. The van der Waals surface area contributed by atoms with E-state index in [9.17, 15) is 0 Å². The van der Waals surface area contributed by atoms with Crippen LogP contribution in [-0.2, 0) is 24.5 Å². The molecule has 1 aromatic heterocycles. The average molecular weight is 231 g/mol. The lowest BCUT2D eigenvalue weighted by molar-refractivity contribution is 0.102. The third-order valence-corrected chi connectivity index (χ3v) is 2.40. The van der Waals surface area contributed by atoms with Gasteiger partial charge in [-0.25, -0.2) is 4.98 Å². The average Bonchev–Trinajstić information content (AvgIpc) is 2.79. The molecule has 4 heteroatoms. The first-order chi connectivity index (χ1) is 8.38. The van der Waals surface area contributed by atoms with Crippen molar-refractivity contribution < 1.29 is 4.74 Å². The Bertz CT molecular complexity index is 439. The van der Waals surface area contributed by atoms with Crippen LogP contribution in [0.5, 0.6) is 0 Å². The molecule has 0 unspecified atom stereocenters. The predicted molar refractivity (Wildman–Crippen MR) is 66.3 cm³/mol. The van der Waals surface area contributed by atoms with Crippen LogP contribution < -0.4 is 5.32 Å². The molecule has 0 fully saturated rings. The molecule has 0 aliphatic heterocycles. The number of hydrogen-bond acceptors (Lipinski definition) is 3. The smallest absolute Gasteiger partial charge is 0.132 e. The van der Waals surface area contributed by atoms with Gasteiger partial charge in [-0.3, -0.25) is 0 Å². The number of aromatic amines is 1. The van der Waals surface area contributed by atoms with E-state index in [4.69, 9.17) is 4.74 Å². The van der Waals surface area contributed by atoms with Crippen LogP contribution in [0, 0.1) is 0 Å². The molecule has 0 atom stereocenters. The van der Waals surface area contributed by atoms with E-state index in [0.717, 1.165) is 18.1 Å². The SMILES string of the molecule is CNCc1cnc(COCc2ccccc2)[nH]1. The second-order valence-corrected chi connectivity index (χ2v) is 3.86. The zero-order valence-electron chi connectivity index (χ0n) is 9.94. The second-order valence-electron chi connectivity index (χ2n) is 3.86. The van der Waals surface area contributed by atoms with Gasteiger partial charge in [0.05, 0.1) is 6.61 Å². The molecule has 0 radical (unpaired) electrons. The van der Waals surface area contributed by atoms with Gasteiger partial charge in [0.25, 0.3) is 0 Å². The van der Waals surface area contributed by atoms with E-state index in [0.29, 0.717) is 13.2 Å². The van der Waals surface area contributed by atoms with E-state index in [1.54, 1.807) is 0 Å². The van der Waals surface area contributed by atoms with Gasteiger partial charge in [0.1, 0.15) is 12.4 Å². The molecular formula is C13H17N3O. The number of H-pyrrole nitrogens is 1. The molecule has 2 rings (SSSR count). The number of hydrogen-bond donors (Lipinski definition) is 2. The first-order valence-electron chi connectivity index (χ1n) is 5.67. The van der Waals surface area contributed by atoms with E-state index in [1.807, 2.05) is 31.4 Å². The van der Waals surface area contributed by atoms with Crippen molar-refractivity contribution in [2.24, 2.45) is 0 Å². The largest absolute Gasteiger partial charge is 0.369 e. The molecule has 2 aromatic rings. The van der Waals surface area contributed by atoms with Crippen LogP contribution in [-0.4, -0.2) is 17.0 Å². The van der Waals surface area contributed by atoms with E-state index in [1.165, 1.54) is 5.56 Å². The van der Waals surface area contributed by atoms with Crippen LogP contribution in [0.3, 0.4) is 0 Å². The van der Waals surface area contributed by atoms with Gasteiger partial charge in [-0.2, -0.15) is 0 Å². The van der Waals surface area contributed by atoms with Gasteiger partial charge in [-0.1, -0.05) is 30.3 Å². The summed E-state index contributed by atoms with van der Waals surface area (Å²) in [6.45, 7) is 1.92. The van der Waals surface area contributed by atoms with Crippen molar-refractivity contribution in [1.82, 2.24) is 15.3 Å². The number of imidazole rings is 1. The number of nitrogens with one attached hydrogen (secondary N) is 2. The molecule has 0 saturated heterocycles. The summed E-state index contributed by atoms with van der Waals surface area (Å²) in [5.74, 6) is 0.867. The van der Waals surface area contributed by atoms with Crippen molar-refractivity contribution in [3.63, 3.8) is 0 Å². The minimum absolute atomic E-state index is 0.513. The summed E-state index contributed by atoms with van der Waals surface area (Å²) >= 11 is 0. The summed E-state index contributed by atoms with van der Waals surface area (Å²) in [5.41, 5.74) is 2.25. The fourth-order valence-corrected chi connectivity index (χ4v) is 1.60. The molecule has 0 aliphatic rings. The van der Waals surface area contributed by atoms with Crippen LogP contribution in [0.4, 0.5) is 0 Å². The molecule has 0 saturated carbocycles. The minimum atomic E-state index is 0.513. The Hall–Kier alpha value is -1.65. The third kappa shape index (κ3) is 3.69. The monoisotopic (exact) mass is 231 g/mol. The van der Waals surface area contributed by atoms with Gasteiger partial charge in [0.15, 0.2) is 0 Å². The van der Waals surface area contributed by atoms with Gasteiger partial charge < -0.3 is 15.0 Å². The lowest BCUT2D eigenvalue weighted by atomic mass is 10.2. The van der Waals surface area contributed by atoms with Crippen molar-refractivity contribution in [3.05, 3.63) is 53.6 Å². The van der Waals surface area contributed by atoms with Crippen LogP contribution in [0.1, 0.15) is 17.1 Å². The van der Waals surface area contributed by atoms with Crippen LogP contribution in [0.25, 0.3) is 0 Å². The highest BCUT2D eigenvalue weighted by atomic mass is 16.5. The van der Waals surface area contributed by atoms with Crippen LogP contribution in [0.2, 0.25) is 0 Å². The Kier molecular flexibility index (Phi) is 4.30. The van der Waals surface area contributed by atoms with E-state index < -0.39 is 0 Å². The normalized spacial score (nSPS) is 10.6. The number of benzene rings is 1. The molecule has 0 bridgehead atoms. The fraction of sp³-hybridized carbons (Fsp3) is 0.308. The first-order valence-corrected chi connectivity index (χ1v) is 5.67. The molecule has 0 spiro atoms. The molecule has 4 nitrogen and oxygen atoms in total. The van der Waals surface area contributed by atoms with Crippen molar-refractivity contribution in [1.29, 1.82) is 0 Å². The zero-order chi connectivity index (χ0) is 11.9. The summed E-state index contributed by atoms with van der Waals surface area (Å²) < 4.78 is 5.58. The summed E-state index contributed by atoms with van der Waals surface area (Å²) in [7, 11) is 1.91. The second kappa shape index (κ2) is 6.18. The molecular weight excluding hydrogens is 214 g/mol. The van der Waals surface area contributed by atoms with Crippen molar-refractivity contribution in [2.75, 3.05) is 7.05 Å². The van der Waals surface area contributed by atoms with Crippen LogP contribution in [0.15, 0.2) is 36.5 Å². The van der Waals surface area contributed by atoms with Crippen molar-refractivity contribution in [3.8, 4) is 0 Å². The molecule has 17 heavy (non-hydrogen) atoms. The van der Waals surface area contributed by atoms with Gasteiger partial charge in [0, 0.05) is 18.4 Å². The highest BCUT2D eigenvalue weighted by Gasteiger charge is 2.00. The predicted octanol–water partition coefficient (Wildman–Crippen LogP) is 1.85. The number of aromatic nitrogens is 2. The van der Waals surface area contributed by atoms with E-state index in [2.05, 4.69) is 27.4 Å². The Morgan fingerprint density at radius 3 is 2.82 bits per heavy atom. The molecule has 0 aliphatic carbocycles. The summed E-state index contributed by atoms with van der Waals surface area (Å²) in [6, 6.07) is 10.1. The quantitative estimate of drug-likeness (QED) is 0.797. The molecule has 2 N–H and O–H groups in total. The third-order valence-electron chi connectivity index (χ3n) is 2.40. The lowest BCUT2D eigenvalue weighted by Gasteiger charge is -2.02. The maximum Gasteiger partial charge on any atom is 0.132 e. The highest BCUT2D eigenvalue weighted by Crippen LogP contribution is 2.04. The lowest BCUT2D eigenvalue weighted by Crippen LogP contribution is -2.05. The van der Waals surface area contributed by atoms with Gasteiger partial charge in [-0.15, -0.1) is 0 Å². The topological polar surface area (TPSA) is 49.9 Å². The van der Waals surface area contributed by atoms with E-state index in [-0.39, 0.29) is 0 Å². The van der Waals surface area contributed by atoms with Crippen LogP contribution >= 0.6 is 0 Å². The van der Waals surface area contributed by atoms with Gasteiger partial charge in [-0.05, 0) is 12.6 Å². The van der Waals surface area contributed by atoms with Gasteiger partial charge in [0.2, 0.25) is 0 Å². The molecule has 0 amide bonds. The van der Waals surface area contributed by atoms with Gasteiger partial charge >= 0.3 is 0 Å². The maximum atomic E-state index is 5.58. The molecule has 1 aromatic carbocycles. The Morgan fingerprint density at radius 1 is 1.24 bits per heavy atom. The molecule has 1 heterocycles. The fourth-order valence-electron chi connectivity index (χ4n) is 1.60. The summed E-state index contributed by atoms with van der Waals surface area (Å²) in [5, 5.41) is 3.07. The number of rotatable bonds is 6. The maximum absolute atomic E-state index is 5.58. The highest BCUT2D eigenvalue weighted by molar-refractivity contribution is 5.13. The van der Waals surface area contributed by atoms with E-state index >= 15 is 0 Å². The summed E-state index contributed by atoms with van der Waals surface area (Å²) in [6.07, 6.45) is 1.83. The van der Waals surface area contributed by atoms with Crippen molar-refractivity contribution >= 4 is 0 Å². The zero-order valence-corrected chi connectivity index (χ0v) is 9.94. The minimum Gasteiger partial charge on any atom is -0.369 e. The summed E-state index contributed by atoms with van der Waals surface area (Å²) in [4.78, 5) is 7.45. The Labute approximate surface area is 101 Å². The van der Waals surface area contributed by atoms with Crippen molar-refractivity contribution in [2.45, 2.75) is 19.8 Å².